The summed E-state index contributed by atoms with van der Waals surface area (Å²) in [6, 6.07) is 13.8. The van der Waals surface area contributed by atoms with E-state index in [0.717, 1.165) is 16.3 Å². The first kappa shape index (κ1) is 22.4. The number of amides is 2. The summed E-state index contributed by atoms with van der Waals surface area (Å²) in [7, 11) is 1.66. The lowest BCUT2D eigenvalue weighted by molar-refractivity contribution is -0.155. The molecule has 2 aromatic carbocycles. The molecule has 0 aliphatic rings. The van der Waals surface area contributed by atoms with E-state index in [4.69, 9.17) is 4.74 Å². The molecule has 0 radical (unpaired) electrons. The van der Waals surface area contributed by atoms with Gasteiger partial charge in [0.1, 0.15) is 5.60 Å². The van der Waals surface area contributed by atoms with Gasteiger partial charge < -0.3 is 15.0 Å². The van der Waals surface area contributed by atoms with E-state index >= 15 is 0 Å². The molecule has 2 aromatic rings. The van der Waals surface area contributed by atoms with E-state index in [1.165, 1.54) is 4.90 Å². The predicted octanol–water partition coefficient (Wildman–Crippen LogP) is 3.08. The average Bonchev–Trinajstić information content (AvgIpc) is 2.65. The monoisotopic (exact) mass is 398 g/mol. The number of nitrogens with zero attached hydrogens (tertiary/aromatic N) is 1. The van der Waals surface area contributed by atoms with Gasteiger partial charge in [0.05, 0.1) is 13.0 Å². The minimum Gasteiger partial charge on any atom is -0.460 e. The topological polar surface area (TPSA) is 75.7 Å². The number of esters is 1. The van der Waals surface area contributed by atoms with Crippen molar-refractivity contribution in [2.45, 2.75) is 45.6 Å². The lowest BCUT2D eigenvalue weighted by Crippen LogP contribution is -2.39. The number of likely N-dealkylation sites (N-methyl/N-ethyl adjacent to an activating group) is 1. The molecule has 6 heteroatoms. The summed E-state index contributed by atoms with van der Waals surface area (Å²) in [5.74, 6) is -0.668. The molecule has 1 N–H and O–H groups in total. The summed E-state index contributed by atoms with van der Waals surface area (Å²) in [5, 5.41) is 4.80. The van der Waals surface area contributed by atoms with Crippen molar-refractivity contribution in [3.8, 4) is 0 Å². The molecule has 0 heterocycles. The second kappa shape index (κ2) is 10.0. The van der Waals surface area contributed by atoms with E-state index in [1.54, 1.807) is 7.05 Å². The van der Waals surface area contributed by atoms with Gasteiger partial charge in [-0.1, -0.05) is 42.5 Å². The van der Waals surface area contributed by atoms with Crippen molar-refractivity contribution in [1.29, 1.82) is 0 Å². The fraction of sp³-hybridized carbons (Fsp3) is 0.435. The average molecular weight is 399 g/mol. The zero-order valence-corrected chi connectivity index (χ0v) is 17.7. The molecule has 0 aromatic heterocycles. The Kier molecular flexibility index (Phi) is 7.76. The molecule has 0 fully saturated rings. The molecule has 0 spiro atoms. The van der Waals surface area contributed by atoms with Gasteiger partial charge in [-0.15, -0.1) is 0 Å². The van der Waals surface area contributed by atoms with Gasteiger partial charge in [-0.05, 0) is 43.5 Å². The smallest absolute Gasteiger partial charge is 0.306 e. The van der Waals surface area contributed by atoms with Crippen LogP contribution in [0, 0.1) is 0 Å². The molecule has 6 nitrogen and oxygen atoms in total. The second-order valence-electron chi connectivity index (χ2n) is 8.10. The van der Waals surface area contributed by atoms with Crippen LogP contribution in [-0.2, 0) is 25.5 Å². The van der Waals surface area contributed by atoms with Crippen LogP contribution in [0.15, 0.2) is 42.5 Å². The Morgan fingerprint density at radius 2 is 1.72 bits per heavy atom. The summed E-state index contributed by atoms with van der Waals surface area (Å²) < 4.78 is 5.25. The molecule has 2 rings (SSSR count). The molecule has 0 aliphatic carbocycles. The molecule has 0 aliphatic heterocycles. The highest BCUT2D eigenvalue weighted by Crippen LogP contribution is 2.18. The summed E-state index contributed by atoms with van der Waals surface area (Å²) >= 11 is 0. The number of hydrogen-bond acceptors (Lipinski definition) is 4. The van der Waals surface area contributed by atoms with Crippen molar-refractivity contribution in [3.63, 3.8) is 0 Å². The third-order valence-electron chi connectivity index (χ3n) is 4.39. The summed E-state index contributed by atoms with van der Waals surface area (Å²) in [4.78, 5) is 37.7. The number of carbonyl (C=O) groups is 3. The number of hydrogen-bond donors (Lipinski definition) is 1. The van der Waals surface area contributed by atoms with Crippen LogP contribution in [-0.4, -0.2) is 48.4 Å². The quantitative estimate of drug-likeness (QED) is 0.694. The Labute approximate surface area is 172 Å². The maximum atomic E-state index is 12.3. The highest BCUT2D eigenvalue weighted by molar-refractivity contribution is 5.91. The molecule has 29 heavy (non-hydrogen) atoms. The maximum Gasteiger partial charge on any atom is 0.306 e. The van der Waals surface area contributed by atoms with Gasteiger partial charge in [0.15, 0.2) is 0 Å². The second-order valence-corrected chi connectivity index (χ2v) is 8.10. The standard InChI is InChI=1S/C23H30N2O4/c1-23(2,3)29-22(28)13-8-14-25(4)21(27)16-24-20(26)15-18-11-7-10-17-9-5-6-12-19(17)18/h5-7,9-12H,8,13-16H2,1-4H3,(H,24,26). The maximum absolute atomic E-state index is 12.3. The third-order valence-corrected chi connectivity index (χ3v) is 4.39. The van der Waals surface area contributed by atoms with Gasteiger partial charge in [0, 0.05) is 20.0 Å². The molecule has 0 saturated heterocycles. The van der Waals surface area contributed by atoms with E-state index in [9.17, 15) is 14.4 Å². The Bertz CT molecular complexity index is 865. The van der Waals surface area contributed by atoms with Crippen molar-refractivity contribution in [2.75, 3.05) is 20.1 Å². The van der Waals surface area contributed by atoms with E-state index < -0.39 is 5.60 Å². The number of carbonyl (C=O) groups excluding carboxylic acids is 3. The van der Waals surface area contributed by atoms with Crippen molar-refractivity contribution >= 4 is 28.6 Å². The number of nitrogens with one attached hydrogen (secondary N) is 1. The van der Waals surface area contributed by atoms with Crippen LogP contribution in [0.25, 0.3) is 10.8 Å². The SMILES string of the molecule is CN(CCCC(=O)OC(C)(C)C)C(=O)CNC(=O)Cc1cccc2ccccc12. The molecular formula is C23H30N2O4. The Morgan fingerprint density at radius 1 is 1.03 bits per heavy atom. The number of fused-ring (bicyclic) bond motifs is 1. The van der Waals surface area contributed by atoms with Gasteiger partial charge in [-0.2, -0.15) is 0 Å². The van der Waals surface area contributed by atoms with Crippen LogP contribution in [0.4, 0.5) is 0 Å². The molecule has 0 unspecified atom stereocenters. The molecular weight excluding hydrogens is 368 g/mol. The fourth-order valence-electron chi connectivity index (χ4n) is 2.97. The molecule has 0 atom stereocenters. The molecule has 0 bridgehead atoms. The Balaban J connectivity index is 1.75. The van der Waals surface area contributed by atoms with Crippen molar-refractivity contribution in [1.82, 2.24) is 10.2 Å². The lowest BCUT2D eigenvalue weighted by Gasteiger charge is -2.20. The highest BCUT2D eigenvalue weighted by Gasteiger charge is 2.17. The van der Waals surface area contributed by atoms with Gasteiger partial charge in [-0.3, -0.25) is 14.4 Å². The van der Waals surface area contributed by atoms with E-state index in [1.807, 2.05) is 63.2 Å². The highest BCUT2D eigenvalue weighted by atomic mass is 16.6. The number of benzene rings is 2. The van der Waals surface area contributed by atoms with Crippen LogP contribution in [0.2, 0.25) is 0 Å². The first-order chi connectivity index (χ1) is 13.7. The fourth-order valence-corrected chi connectivity index (χ4v) is 2.97. The van der Waals surface area contributed by atoms with Crippen LogP contribution in [0.5, 0.6) is 0 Å². The van der Waals surface area contributed by atoms with Crippen molar-refractivity contribution in [2.24, 2.45) is 0 Å². The normalized spacial score (nSPS) is 11.2. The van der Waals surface area contributed by atoms with Gasteiger partial charge in [-0.25, -0.2) is 0 Å². The minimum atomic E-state index is -0.507. The minimum absolute atomic E-state index is 0.0630. The lowest BCUT2D eigenvalue weighted by atomic mass is 10.0. The van der Waals surface area contributed by atoms with Gasteiger partial charge in [0.25, 0.3) is 0 Å². The molecule has 2 amide bonds. The summed E-state index contributed by atoms with van der Waals surface area (Å²) in [6.45, 7) is 5.83. The first-order valence-corrected chi connectivity index (χ1v) is 9.85. The first-order valence-electron chi connectivity index (χ1n) is 9.85. The van der Waals surface area contributed by atoms with Crippen LogP contribution in [0.3, 0.4) is 0 Å². The van der Waals surface area contributed by atoms with Crippen molar-refractivity contribution in [3.05, 3.63) is 48.0 Å². The van der Waals surface area contributed by atoms with Gasteiger partial charge >= 0.3 is 5.97 Å². The van der Waals surface area contributed by atoms with Crippen molar-refractivity contribution < 1.29 is 19.1 Å². The van der Waals surface area contributed by atoms with E-state index in [-0.39, 0.29) is 37.2 Å². The molecule has 156 valence electrons. The number of ether oxygens (including phenoxy) is 1. The van der Waals surface area contributed by atoms with Gasteiger partial charge in [0.2, 0.25) is 11.8 Å². The zero-order chi connectivity index (χ0) is 21.4. The Morgan fingerprint density at radius 3 is 2.45 bits per heavy atom. The third kappa shape index (κ3) is 7.56. The Hall–Kier alpha value is -2.89. The number of rotatable bonds is 8. The van der Waals surface area contributed by atoms with E-state index in [0.29, 0.717) is 13.0 Å². The molecule has 0 saturated carbocycles. The van der Waals surface area contributed by atoms with Crippen LogP contribution < -0.4 is 5.32 Å². The van der Waals surface area contributed by atoms with Crippen LogP contribution >= 0.6 is 0 Å². The van der Waals surface area contributed by atoms with Crippen LogP contribution in [0.1, 0.15) is 39.2 Å². The zero-order valence-electron chi connectivity index (χ0n) is 17.7. The summed E-state index contributed by atoms with van der Waals surface area (Å²) in [5.41, 5.74) is 0.423. The predicted molar refractivity (Wildman–Crippen MR) is 113 cm³/mol. The largest absolute Gasteiger partial charge is 0.460 e. The van der Waals surface area contributed by atoms with E-state index in [2.05, 4.69) is 5.32 Å². The summed E-state index contributed by atoms with van der Waals surface area (Å²) in [6.07, 6.45) is 0.987.